The van der Waals surface area contributed by atoms with Gasteiger partial charge >= 0.3 is 0 Å². The molecule has 2 aromatic heterocycles. The van der Waals surface area contributed by atoms with Crippen LogP contribution in [0.1, 0.15) is 16.7 Å². The lowest BCUT2D eigenvalue weighted by molar-refractivity contribution is 0.282. The molecule has 5 heteroatoms. The van der Waals surface area contributed by atoms with Crippen LogP contribution >= 0.6 is 0 Å². The molecule has 0 saturated heterocycles. The Morgan fingerprint density at radius 3 is 2.60 bits per heavy atom. The van der Waals surface area contributed by atoms with Crippen molar-refractivity contribution < 1.29 is 5.11 Å². The van der Waals surface area contributed by atoms with Crippen molar-refractivity contribution >= 4 is 11.6 Å². The van der Waals surface area contributed by atoms with Gasteiger partial charge in [0.2, 0.25) is 5.95 Å². The number of nitrogens with zero attached hydrogens (tertiary/aromatic N) is 3. The molecule has 0 radical (unpaired) electrons. The molecule has 2 heterocycles. The van der Waals surface area contributed by atoms with Crippen molar-refractivity contribution in [2.45, 2.75) is 20.1 Å². The molecule has 1 aromatic carbocycles. The second-order valence-corrected chi connectivity index (χ2v) is 4.72. The van der Waals surface area contributed by atoms with Crippen LogP contribution < -0.4 is 5.32 Å². The van der Waals surface area contributed by atoms with Crippen LogP contribution in [0.4, 0.5) is 5.95 Å². The lowest BCUT2D eigenvalue weighted by Crippen LogP contribution is -2.01. The summed E-state index contributed by atoms with van der Waals surface area (Å²) in [4.78, 5) is 4.46. The number of hydrogen-bond acceptors (Lipinski definition) is 4. The van der Waals surface area contributed by atoms with Gasteiger partial charge in [-0.05, 0) is 29.7 Å². The predicted octanol–water partition coefficient (Wildman–Crippen LogP) is 2.14. The minimum atomic E-state index is 0.0704. The molecular formula is C15H16N4O. The summed E-state index contributed by atoms with van der Waals surface area (Å²) in [6.07, 6.45) is 1.89. The Kier molecular flexibility index (Phi) is 3.35. The number of anilines is 1. The molecule has 0 bridgehead atoms. The molecule has 0 atom stereocenters. The van der Waals surface area contributed by atoms with Gasteiger partial charge in [-0.15, -0.1) is 5.10 Å². The van der Waals surface area contributed by atoms with Gasteiger partial charge in [0.25, 0.3) is 0 Å². The molecule has 3 rings (SSSR count). The van der Waals surface area contributed by atoms with Crippen LogP contribution in [0.5, 0.6) is 0 Å². The van der Waals surface area contributed by atoms with Gasteiger partial charge < -0.3 is 10.4 Å². The van der Waals surface area contributed by atoms with E-state index in [4.69, 9.17) is 5.11 Å². The highest BCUT2D eigenvalue weighted by atomic mass is 16.3. The molecule has 3 aromatic rings. The van der Waals surface area contributed by atoms with Crippen molar-refractivity contribution in [1.29, 1.82) is 0 Å². The Morgan fingerprint density at radius 1 is 1.15 bits per heavy atom. The second kappa shape index (κ2) is 5.30. The van der Waals surface area contributed by atoms with Crippen molar-refractivity contribution in [3.63, 3.8) is 0 Å². The van der Waals surface area contributed by atoms with Crippen molar-refractivity contribution in [3.8, 4) is 0 Å². The first-order valence-corrected chi connectivity index (χ1v) is 6.51. The summed E-state index contributed by atoms with van der Waals surface area (Å²) < 4.78 is 1.77. The smallest absolute Gasteiger partial charge is 0.243 e. The average Bonchev–Trinajstić information content (AvgIpc) is 2.90. The van der Waals surface area contributed by atoms with E-state index in [9.17, 15) is 0 Å². The standard InChI is InChI=1S/C15H16N4O/c1-11-3-2-8-19-14(11)17-15(18-19)16-9-12-4-6-13(10-20)7-5-12/h2-8,20H,9-10H2,1H3,(H,16,18). The van der Waals surface area contributed by atoms with Crippen molar-refractivity contribution in [2.24, 2.45) is 0 Å². The highest BCUT2D eigenvalue weighted by molar-refractivity contribution is 5.49. The van der Waals surface area contributed by atoms with E-state index in [1.807, 2.05) is 49.5 Å². The van der Waals surface area contributed by atoms with Crippen LogP contribution in [0.25, 0.3) is 5.65 Å². The van der Waals surface area contributed by atoms with E-state index in [1.54, 1.807) is 4.52 Å². The van der Waals surface area contributed by atoms with Gasteiger partial charge in [0.1, 0.15) is 0 Å². The number of rotatable bonds is 4. The van der Waals surface area contributed by atoms with Gasteiger partial charge in [-0.25, -0.2) is 4.52 Å². The van der Waals surface area contributed by atoms with E-state index in [1.165, 1.54) is 0 Å². The fourth-order valence-corrected chi connectivity index (χ4v) is 2.06. The van der Waals surface area contributed by atoms with E-state index >= 15 is 0 Å². The molecule has 0 aliphatic carbocycles. The van der Waals surface area contributed by atoms with Crippen molar-refractivity contribution in [3.05, 3.63) is 59.3 Å². The van der Waals surface area contributed by atoms with Crippen molar-refractivity contribution in [2.75, 3.05) is 5.32 Å². The molecule has 2 N–H and O–H groups in total. The normalized spacial score (nSPS) is 10.9. The molecule has 0 spiro atoms. The summed E-state index contributed by atoms with van der Waals surface area (Å²) in [5.41, 5.74) is 4.00. The van der Waals surface area contributed by atoms with Crippen LogP contribution in [0, 0.1) is 6.92 Å². The number of aryl methyl sites for hydroxylation is 1. The maximum absolute atomic E-state index is 9.00. The topological polar surface area (TPSA) is 62.5 Å². The zero-order valence-corrected chi connectivity index (χ0v) is 11.2. The first-order chi connectivity index (χ1) is 9.76. The zero-order chi connectivity index (χ0) is 13.9. The number of aliphatic hydroxyl groups is 1. The first-order valence-electron chi connectivity index (χ1n) is 6.51. The summed E-state index contributed by atoms with van der Waals surface area (Å²) in [7, 11) is 0. The number of aliphatic hydroxyl groups excluding tert-OH is 1. The fraction of sp³-hybridized carbons (Fsp3) is 0.200. The summed E-state index contributed by atoms with van der Waals surface area (Å²) in [5, 5.41) is 16.6. The number of aromatic nitrogens is 3. The summed E-state index contributed by atoms with van der Waals surface area (Å²) in [6, 6.07) is 11.8. The van der Waals surface area contributed by atoms with Gasteiger partial charge in [-0.2, -0.15) is 4.98 Å². The fourth-order valence-electron chi connectivity index (χ4n) is 2.06. The SMILES string of the molecule is Cc1cccn2nc(NCc3ccc(CO)cc3)nc12. The molecule has 0 fully saturated rings. The number of pyridine rings is 1. The summed E-state index contributed by atoms with van der Waals surface area (Å²) in [5.74, 6) is 0.616. The van der Waals surface area contributed by atoms with Crippen LogP contribution in [0.15, 0.2) is 42.6 Å². The third-order valence-electron chi connectivity index (χ3n) is 3.21. The minimum absolute atomic E-state index is 0.0704. The van der Waals surface area contributed by atoms with Crippen LogP contribution in [-0.4, -0.2) is 19.7 Å². The van der Waals surface area contributed by atoms with Crippen LogP contribution in [0.2, 0.25) is 0 Å². The van der Waals surface area contributed by atoms with Crippen LogP contribution in [-0.2, 0) is 13.2 Å². The number of nitrogens with one attached hydrogen (secondary N) is 1. The Morgan fingerprint density at radius 2 is 1.90 bits per heavy atom. The largest absolute Gasteiger partial charge is 0.392 e. The highest BCUT2D eigenvalue weighted by Gasteiger charge is 2.04. The predicted molar refractivity (Wildman–Crippen MR) is 77.4 cm³/mol. The van der Waals surface area contributed by atoms with Gasteiger partial charge in [0.15, 0.2) is 5.65 Å². The van der Waals surface area contributed by atoms with Gasteiger partial charge in [-0.3, -0.25) is 0 Å². The molecule has 20 heavy (non-hydrogen) atoms. The summed E-state index contributed by atoms with van der Waals surface area (Å²) in [6.45, 7) is 2.74. The lowest BCUT2D eigenvalue weighted by Gasteiger charge is -2.03. The maximum Gasteiger partial charge on any atom is 0.243 e. The number of hydrogen-bond donors (Lipinski definition) is 2. The van der Waals surface area contributed by atoms with Crippen LogP contribution in [0.3, 0.4) is 0 Å². The molecule has 5 nitrogen and oxygen atoms in total. The van der Waals surface area contributed by atoms with E-state index in [-0.39, 0.29) is 6.61 Å². The molecule has 0 unspecified atom stereocenters. The Labute approximate surface area is 116 Å². The maximum atomic E-state index is 9.00. The average molecular weight is 268 g/mol. The molecule has 0 aliphatic rings. The summed E-state index contributed by atoms with van der Waals surface area (Å²) >= 11 is 0. The molecule has 0 saturated carbocycles. The third kappa shape index (κ3) is 2.48. The highest BCUT2D eigenvalue weighted by Crippen LogP contribution is 2.11. The molecular weight excluding hydrogens is 252 g/mol. The number of fused-ring (bicyclic) bond motifs is 1. The van der Waals surface area contributed by atoms with E-state index in [0.29, 0.717) is 12.5 Å². The van der Waals surface area contributed by atoms with E-state index in [0.717, 1.165) is 22.3 Å². The van der Waals surface area contributed by atoms with E-state index < -0.39 is 0 Å². The second-order valence-electron chi connectivity index (χ2n) is 4.72. The Balaban J connectivity index is 1.74. The first kappa shape index (κ1) is 12.6. The quantitative estimate of drug-likeness (QED) is 0.761. The number of benzene rings is 1. The molecule has 0 aliphatic heterocycles. The minimum Gasteiger partial charge on any atom is -0.392 e. The van der Waals surface area contributed by atoms with Gasteiger partial charge in [-0.1, -0.05) is 30.3 Å². The molecule has 0 amide bonds. The Bertz CT molecular complexity index is 718. The van der Waals surface area contributed by atoms with Crippen molar-refractivity contribution in [1.82, 2.24) is 14.6 Å². The monoisotopic (exact) mass is 268 g/mol. The lowest BCUT2D eigenvalue weighted by atomic mass is 10.1. The van der Waals surface area contributed by atoms with Gasteiger partial charge in [0, 0.05) is 12.7 Å². The van der Waals surface area contributed by atoms with Gasteiger partial charge in [0.05, 0.1) is 6.61 Å². The Hall–Kier alpha value is -2.40. The van der Waals surface area contributed by atoms with E-state index in [2.05, 4.69) is 15.4 Å². The third-order valence-corrected chi connectivity index (χ3v) is 3.21. The molecule has 102 valence electrons. The zero-order valence-electron chi connectivity index (χ0n) is 11.2.